The maximum atomic E-state index is 13.2. The maximum absolute atomic E-state index is 13.2. The van der Waals surface area contributed by atoms with Crippen LogP contribution in [0.3, 0.4) is 0 Å². The van der Waals surface area contributed by atoms with Gasteiger partial charge in [0.1, 0.15) is 18.2 Å². The summed E-state index contributed by atoms with van der Waals surface area (Å²) in [4.78, 5) is 12.0. The molecule has 110 valence electrons. The minimum absolute atomic E-state index is 0.00829. The van der Waals surface area contributed by atoms with Gasteiger partial charge in [0, 0.05) is 0 Å². The van der Waals surface area contributed by atoms with Gasteiger partial charge in [0.15, 0.2) is 0 Å². The first-order valence-electron chi connectivity index (χ1n) is 6.37. The number of nitrogen functional groups attached to an aromatic ring is 1. The highest BCUT2D eigenvalue weighted by atomic mass is 19.1. The van der Waals surface area contributed by atoms with Crippen LogP contribution in [0.25, 0.3) is 0 Å². The molecule has 2 aromatic rings. The molecule has 5 heteroatoms. The van der Waals surface area contributed by atoms with Crippen LogP contribution in [0, 0.1) is 12.7 Å². The first kappa shape index (κ1) is 14.8. The van der Waals surface area contributed by atoms with Crippen molar-refractivity contribution in [2.45, 2.75) is 13.5 Å². The van der Waals surface area contributed by atoms with Crippen LogP contribution in [-0.4, -0.2) is 13.1 Å². The van der Waals surface area contributed by atoms with E-state index in [1.807, 2.05) is 6.92 Å². The zero-order valence-corrected chi connectivity index (χ0v) is 11.9. The first-order chi connectivity index (χ1) is 10.0. The molecular formula is C16H16FNO3. The molecule has 2 N–H and O–H groups in total. The lowest BCUT2D eigenvalue weighted by molar-refractivity contribution is 0.0471. The van der Waals surface area contributed by atoms with Crippen LogP contribution in [0.5, 0.6) is 5.75 Å². The van der Waals surface area contributed by atoms with Gasteiger partial charge in [-0.2, -0.15) is 0 Å². The number of halogens is 1. The molecule has 0 amide bonds. The van der Waals surface area contributed by atoms with Crippen LogP contribution in [-0.2, 0) is 11.3 Å². The molecule has 2 aromatic carbocycles. The van der Waals surface area contributed by atoms with E-state index in [-0.39, 0.29) is 12.4 Å². The van der Waals surface area contributed by atoms with Crippen molar-refractivity contribution in [3.05, 3.63) is 58.9 Å². The highest BCUT2D eigenvalue weighted by Gasteiger charge is 2.11. The number of carbonyl (C=O) groups excluding carboxylic acids is 1. The number of ether oxygens (including phenoxy) is 2. The second kappa shape index (κ2) is 6.26. The molecule has 0 spiro atoms. The van der Waals surface area contributed by atoms with Gasteiger partial charge in [-0.05, 0) is 48.4 Å². The van der Waals surface area contributed by atoms with Gasteiger partial charge in [-0.1, -0.05) is 6.07 Å². The summed E-state index contributed by atoms with van der Waals surface area (Å²) in [6, 6.07) is 9.01. The largest absolute Gasteiger partial charge is 0.495 e. The van der Waals surface area contributed by atoms with Crippen molar-refractivity contribution in [1.29, 1.82) is 0 Å². The Hall–Kier alpha value is -2.56. The number of nitrogens with two attached hydrogens (primary N) is 1. The van der Waals surface area contributed by atoms with Gasteiger partial charge < -0.3 is 15.2 Å². The minimum Gasteiger partial charge on any atom is -0.495 e. The minimum atomic E-state index is -0.520. The Balaban J connectivity index is 2.08. The topological polar surface area (TPSA) is 61.5 Å². The lowest BCUT2D eigenvalue weighted by atomic mass is 10.1. The van der Waals surface area contributed by atoms with E-state index >= 15 is 0 Å². The van der Waals surface area contributed by atoms with E-state index in [1.54, 1.807) is 18.2 Å². The molecule has 0 fully saturated rings. The summed E-state index contributed by atoms with van der Waals surface area (Å²) >= 11 is 0. The zero-order valence-electron chi connectivity index (χ0n) is 11.9. The predicted molar refractivity (Wildman–Crippen MR) is 77.7 cm³/mol. The van der Waals surface area contributed by atoms with Crippen molar-refractivity contribution < 1.29 is 18.7 Å². The van der Waals surface area contributed by atoms with Gasteiger partial charge in [0.25, 0.3) is 0 Å². The van der Waals surface area contributed by atoms with E-state index in [1.165, 1.54) is 25.3 Å². The van der Waals surface area contributed by atoms with E-state index < -0.39 is 5.97 Å². The lowest BCUT2D eigenvalue weighted by Crippen LogP contribution is -2.07. The van der Waals surface area contributed by atoms with Crippen molar-refractivity contribution in [3.63, 3.8) is 0 Å². The first-order valence-corrected chi connectivity index (χ1v) is 6.37. The van der Waals surface area contributed by atoms with Crippen molar-refractivity contribution in [2.24, 2.45) is 0 Å². The fourth-order valence-corrected chi connectivity index (χ4v) is 1.88. The Morgan fingerprint density at radius 3 is 2.67 bits per heavy atom. The van der Waals surface area contributed by atoms with Gasteiger partial charge in [-0.25, -0.2) is 9.18 Å². The molecular weight excluding hydrogens is 273 g/mol. The smallest absolute Gasteiger partial charge is 0.338 e. The fraction of sp³-hybridized carbons (Fsp3) is 0.188. The Morgan fingerprint density at radius 1 is 1.24 bits per heavy atom. The average molecular weight is 289 g/mol. The standard InChI is InChI=1S/C16H16FNO3/c1-10-3-5-13(17)7-12(10)9-21-16(19)11-4-6-15(20-2)14(18)8-11/h3-8H,9,18H2,1-2H3. The van der Waals surface area contributed by atoms with Crippen molar-refractivity contribution in [3.8, 4) is 5.75 Å². The number of carbonyl (C=O) groups is 1. The van der Waals surface area contributed by atoms with Crippen LogP contribution in [0.15, 0.2) is 36.4 Å². The molecule has 21 heavy (non-hydrogen) atoms. The van der Waals surface area contributed by atoms with Gasteiger partial charge in [0.05, 0.1) is 18.4 Å². The van der Waals surface area contributed by atoms with Crippen molar-refractivity contribution in [1.82, 2.24) is 0 Å². The molecule has 0 aliphatic heterocycles. The molecule has 0 aliphatic rings. The zero-order chi connectivity index (χ0) is 15.4. The Labute approximate surface area is 122 Å². The second-order valence-corrected chi connectivity index (χ2v) is 4.60. The molecule has 0 atom stereocenters. The summed E-state index contributed by atoms with van der Waals surface area (Å²) in [5.41, 5.74) is 7.90. The molecule has 4 nitrogen and oxygen atoms in total. The Bertz CT molecular complexity index is 671. The van der Waals surface area contributed by atoms with Crippen LogP contribution in [0.2, 0.25) is 0 Å². The second-order valence-electron chi connectivity index (χ2n) is 4.60. The van der Waals surface area contributed by atoms with Crippen LogP contribution >= 0.6 is 0 Å². The van der Waals surface area contributed by atoms with E-state index in [0.29, 0.717) is 22.6 Å². The monoisotopic (exact) mass is 289 g/mol. The number of rotatable bonds is 4. The summed E-state index contributed by atoms with van der Waals surface area (Å²) in [5, 5.41) is 0. The van der Waals surface area contributed by atoms with Crippen molar-refractivity contribution >= 4 is 11.7 Å². The molecule has 0 saturated carbocycles. The summed E-state index contributed by atoms with van der Waals surface area (Å²) in [7, 11) is 1.50. The SMILES string of the molecule is COc1ccc(C(=O)OCc2cc(F)ccc2C)cc1N. The van der Waals surface area contributed by atoms with Gasteiger partial charge in [0.2, 0.25) is 0 Å². The van der Waals surface area contributed by atoms with Gasteiger partial charge >= 0.3 is 5.97 Å². The van der Waals surface area contributed by atoms with E-state index in [4.69, 9.17) is 15.2 Å². The highest BCUT2D eigenvalue weighted by Crippen LogP contribution is 2.22. The number of methoxy groups -OCH3 is 1. The average Bonchev–Trinajstić information content (AvgIpc) is 2.47. The third kappa shape index (κ3) is 3.51. The number of hydrogen-bond acceptors (Lipinski definition) is 4. The Kier molecular flexibility index (Phi) is 4.42. The van der Waals surface area contributed by atoms with E-state index in [9.17, 15) is 9.18 Å². The summed E-state index contributed by atoms with van der Waals surface area (Å²) < 4.78 is 23.4. The normalized spacial score (nSPS) is 10.2. The summed E-state index contributed by atoms with van der Waals surface area (Å²) in [6.07, 6.45) is 0. The molecule has 0 heterocycles. The van der Waals surface area contributed by atoms with Gasteiger partial charge in [-0.15, -0.1) is 0 Å². The number of esters is 1. The molecule has 0 radical (unpaired) electrons. The van der Waals surface area contributed by atoms with Crippen LogP contribution < -0.4 is 10.5 Å². The fourth-order valence-electron chi connectivity index (χ4n) is 1.88. The maximum Gasteiger partial charge on any atom is 0.338 e. The molecule has 0 aromatic heterocycles. The summed E-state index contributed by atoms with van der Waals surface area (Å²) in [5.74, 6) is -0.388. The quantitative estimate of drug-likeness (QED) is 0.694. The third-order valence-corrected chi connectivity index (χ3v) is 3.14. The predicted octanol–water partition coefficient (Wildman–Crippen LogP) is 3.08. The van der Waals surface area contributed by atoms with Gasteiger partial charge in [-0.3, -0.25) is 0 Å². The number of anilines is 1. The molecule has 0 unspecified atom stereocenters. The number of hydrogen-bond donors (Lipinski definition) is 1. The number of benzene rings is 2. The van der Waals surface area contributed by atoms with E-state index in [0.717, 1.165) is 5.56 Å². The molecule has 0 aliphatic carbocycles. The highest BCUT2D eigenvalue weighted by molar-refractivity contribution is 5.91. The molecule has 2 rings (SSSR count). The van der Waals surface area contributed by atoms with Crippen LogP contribution in [0.4, 0.5) is 10.1 Å². The molecule has 0 saturated heterocycles. The molecule has 0 bridgehead atoms. The third-order valence-electron chi connectivity index (χ3n) is 3.14. The summed E-state index contributed by atoms with van der Waals surface area (Å²) in [6.45, 7) is 1.84. The Morgan fingerprint density at radius 2 is 2.00 bits per heavy atom. The number of aryl methyl sites for hydroxylation is 1. The lowest BCUT2D eigenvalue weighted by Gasteiger charge is -2.09. The van der Waals surface area contributed by atoms with E-state index in [2.05, 4.69) is 0 Å². The van der Waals surface area contributed by atoms with Crippen LogP contribution in [0.1, 0.15) is 21.5 Å². The van der Waals surface area contributed by atoms with Crippen molar-refractivity contribution in [2.75, 3.05) is 12.8 Å².